The van der Waals surface area contributed by atoms with Crippen molar-refractivity contribution in [2.45, 2.75) is 6.04 Å². The van der Waals surface area contributed by atoms with Crippen LogP contribution in [0.1, 0.15) is 22.7 Å². The van der Waals surface area contributed by atoms with Crippen LogP contribution in [0.2, 0.25) is 0 Å². The minimum absolute atomic E-state index is 0.0516. The van der Waals surface area contributed by atoms with Crippen LogP contribution in [-0.2, 0) is 0 Å². The highest BCUT2D eigenvalue weighted by Gasteiger charge is 2.27. The van der Waals surface area contributed by atoms with Crippen molar-refractivity contribution in [1.29, 1.82) is 0 Å². The highest BCUT2D eigenvalue weighted by atomic mass is 16.3. The Labute approximate surface area is 359 Å². The number of hydrogen-bond donors (Lipinski definition) is 0. The van der Waals surface area contributed by atoms with E-state index in [-0.39, 0.29) is 6.04 Å². The Bertz CT molecular complexity index is 3580. The summed E-state index contributed by atoms with van der Waals surface area (Å²) in [5.74, 6) is 0.927. The molecule has 0 saturated carbocycles. The molecule has 11 aromatic rings. The molecular weight excluding hydrogens is 755 g/mol. The van der Waals surface area contributed by atoms with E-state index in [9.17, 15) is 0 Å². The lowest BCUT2D eigenvalue weighted by Crippen LogP contribution is -2.33. The van der Waals surface area contributed by atoms with E-state index in [2.05, 4.69) is 218 Å². The first-order valence-corrected chi connectivity index (χ1v) is 21.2. The number of aromatic nitrogens is 1. The third-order valence-corrected chi connectivity index (χ3v) is 12.5. The SMILES string of the molecule is CN1C(c2ccccc2)=NC(c2cccc(-c3nc4ccccc4c4c(-c5ccc(-c6ccccc6)cc5)c5c(cc34)oc3ccccc35)c2)=CC1c1cccc2ccccc12. The first-order chi connectivity index (χ1) is 30.7. The largest absolute Gasteiger partial charge is 0.456 e. The minimum Gasteiger partial charge on any atom is -0.456 e. The van der Waals surface area contributed by atoms with Crippen LogP contribution in [0, 0.1) is 0 Å². The molecule has 4 heteroatoms. The standard InChI is InChI=1S/C58H39N3O/c1-61-51(45-27-15-21-39-18-8-9-24-44(39)45)36-50(60-58(61)41-19-6-3-7-20-41)42-22-14-23-43(34-42)57-48-35-53-56(47-26-11-13-29-52(47)62-53)54(55(48)46-25-10-12-28-49(46)59-57)40-32-30-38(31-33-40)37-16-4-2-5-17-37/h2-36,51H,1H3. The fourth-order valence-electron chi connectivity index (χ4n) is 9.56. The van der Waals surface area contributed by atoms with Crippen LogP contribution in [0.25, 0.3) is 93.6 Å². The summed E-state index contributed by atoms with van der Waals surface area (Å²) >= 11 is 0. The van der Waals surface area contributed by atoms with E-state index >= 15 is 0 Å². The molecule has 1 atom stereocenters. The Morgan fingerprint density at radius 1 is 0.452 bits per heavy atom. The van der Waals surface area contributed by atoms with E-state index in [0.29, 0.717) is 0 Å². The quantitative estimate of drug-likeness (QED) is 0.157. The molecule has 0 bridgehead atoms. The zero-order chi connectivity index (χ0) is 41.1. The van der Waals surface area contributed by atoms with Gasteiger partial charge in [0.2, 0.25) is 0 Å². The Morgan fingerprint density at radius 3 is 1.89 bits per heavy atom. The fraction of sp³-hybridized carbons (Fsp3) is 0.0345. The molecule has 1 aliphatic heterocycles. The van der Waals surface area contributed by atoms with Gasteiger partial charge in [-0.15, -0.1) is 0 Å². The summed E-state index contributed by atoms with van der Waals surface area (Å²) in [7, 11) is 2.15. The third kappa shape index (κ3) is 5.91. The number of rotatable bonds is 6. The lowest BCUT2D eigenvalue weighted by Gasteiger charge is -2.34. The number of furan rings is 1. The highest BCUT2D eigenvalue weighted by molar-refractivity contribution is 6.27. The van der Waals surface area contributed by atoms with Crippen molar-refractivity contribution in [2.75, 3.05) is 7.05 Å². The molecule has 1 aliphatic rings. The molecule has 2 aromatic heterocycles. The summed E-state index contributed by atoms with van der Waals surface area (Å²) < 4.78 is 6.73. The molecule has 1 unspecified atom stereocenters. The van der Waals surface area contributed by atoms with E-state index in [4.69, 9.17) is 14.4 Å². The number of pyridine rings is 1. The molecular formula is C58H39N3O. The first kappa shape index (κ1) is 35.8. The van der Waals surface area contributed by atoms with Gasteiger partial charge in [-0.25, -0.2) is 9.98 Å². The maximum atomic E-state index is 6.73. The van der Waals surface area contributed by atoms with Crippen molar-refractivity contribution in [1.82, 2.24) is 9.88 Å². The van der Waals surface area contributed by atoms with Crippen molar-refractivity contribution < 1.29 is 4.42 Å². The number of para-hydroxylation sites is 2. The van der Waals surface area contributed by atoms with Crippen molar-refractivity contribution in [3.63, 3.8) is 0 Å². The molecule has 12 rings (SSSR count). The van der Waals surface area contributed by atoms with E-state index in [1.54, 1.807) is 0 Å². The van der Waals surface area contributed by atoms with Crippen molar-refractivity contribution in [3.8, 4) is 33.5 Å². The second kappa shape index (κ2) is 14.6. The van der Waals surface area contributed by atoms with Gasteiger partial charge >= 0.3 is 0 Å². The van der Waals surface area contributed by atoms with Gasteiger partial charge in [0.25, 0.3) is 0 Å². The number of aliphatic imine (C=N–C) groups is 1. The van der Waals surface area contributed by atoms with Gasteiger partial charge < -0.3 is 9.32 Å². The fourth-order valence-corrected chi connectivity index (χ4v) is 9.56. The zero-order valence-corrected chi connectivity index (χ0v) is 34.0. The summed E-state index contributed by atoms with van der Waals surface area (Å²) in [6, 6.07) is 73.1. The molecule has 0 amide bonds. The maximum Gasteiger partial charge on any atom is 0.137 e. The van der Waals surface area contributed by atoms with Gasteiger partial charge in [0.05, 0.1) is 22.9 Å². The number of fused-ring (bicyclic) bond motifs is 7. The second-order valence-electron chi connectivity index (χ2n) is 16.1. The molecule has 0 radical (unpaired) electrons. The average Bonchev–Trinajstić information content (AvgIpc) is 3.72. The first-order valence-electron chi connectivity index (χ1n) is 21.2. The van der Waals surface area contributed by atoms with E-state index < -0.39 is 0 Å². The van der Waals surface area contributed by atoms with Crippen LogP contribution in [0.15, 0.2) is 222 Å². The highest BCUT2D eigenvalue weighted by Crippen LogP contribution is 2.47. The molecule has 4 nitrogen and oxygen atoms in total. The number of benzene rings is 9. The lowest BCUT2D eigenvalue weighted by molar-refractivity contribution is 0.437. The van der Waals surface area contributed by atoms with Crippen molar-refractivity contribution in [3.05, 3.63) is 229 Å². The monoisotopic (exact) mass is 793 g/mol. The van der Waals surface area contributed by atoms with Gasteiger partial charge in [0.15, 0.2) is 0 Å². The molecule has 0 saturated heterocycles. The van der Waals surface area contributed by atoms with E-state index in [1.165, 1.54) is 27.5 Å². The smallest absolute Gasteiger partial charge is 0.137 e. The van der Waals surface area contributed by atoms with Crippen LogP contribution in [0.4, 0.5) is 0 Å². The zero-order valence-electron chi connectivity index (χ0n) is 34.0. The van der Waals surface area contributed by atoms with Crippen molar-refractivity contribution in [2.24, 2.45) is 4.99 Å². The Morgan fingerprint density at radius 2 is 1.06 bits per heavy atom. The van der Waals surface area contributed by atoms with Gasteiger partial charge in [0.1, 0.15) is 17.0 Å². The van der Waals surface area contributed by atoms with Crippen LogP contribution < -0.4 is 0 Å². The molecule has 0 N–H and O–H groups in total. The number of amidine groups is 1. The summed E-state index contributed by atoms with van der Waals surface area (Å²) in [4.78, 5) is 13.2. The Balaban J connectivity index is 1.09. The second-order valence-corrected chi connectivity index (χ2v) is 16.1. The molecule has 9 aromatic carbocycles. The maximum absolute atomic E-state index is 6.73. The minimum atomic E-state index is -0.0516. The lowest BCUT2D eigenvalue weighted by atomic mass is 9.88. The molecule has 0 spiro atoms. The van der Waals surface area contributed by atoms with Gasteiger partial charge in [-0.1, -0.05) is 182 Å². The van der Waals surface area contributed by atoms with Gasteiger partial charge in [-0.3, -0.25) is 0 Å². The predicted octanol–water partition coefficient (Wildman–Crippen LogP) is 14.9. The Kier molecular flexibility index (Phi) is 8.42. The van der Waals surface area contributed by atoms with Crippen LogP contribution in [-0.4, -0.2) is 22.8 Å². The summed E-state index contributed by atoms with van der Waals surface area (Å²) in [5.41, 5.74) is 13.4. The van der Waals surface area contributed by atoms with Gasteiger partial charge in [-0.2, -0.15) is 0 Å². The topological polar surface area (TPSA) is 41.6 Å². The molecule has 0 aliphatic carbocycles. The molecule has 3 heterocycles. The van der Waals surface area contributed by atoms with Gasteiger partial charge in [-0.05, 0) is 63.4 Å². The summed E-state index contributed by atoms with van der Waals surface area (Å²) in [6.07, 6.45) is 2.31. The average molecular weight is 794 g/mol. The number of likely N-dealkylation sites (N-methyl/N-ethyl adjacent to an activating group) is 1. The normalized spacial score (nSPS) is 14.2. The molecule has 62 heavy (non-hydrogen) atoms. The van der Waals surface area contributed by atoms with Crippen molar-refractivity contribution >= 4 is 65.9 Å². The molecule has 292 valence electrons. The number of hydrogen-bond acceptors (Lipinski definition) is 4. The summed E-state index contributed by atoms with van der Waals surface area (Å²) in [5, 5.41) is 7.95. The van der Waals surface area contributed by atoms with E-state index in [1.807, 2.05) is 6.07 Å². The van der Waals surface area contributed by atoms with E-state index in [0.717, 1.165) is 88.7 Å². The van der Waals surface area contributed by atoms with Crippen LogP contribution >= 0.6 is 0 Å². The predicted molar refractivity (Wildman–Crippen MR) is 258 cm³/mol. The van der Waals surface area contributed by atoms with Gasteiger partial charge in [0, 0.05) is 56.2 Å². The van der Waals surface area contributed by atoms with Crippen LogP contribution in [0.5, 0.6) is 0 Å². The summed E-state index contributed by atoms with van der Waals surface area (Å²) in [6.45, 7) is 0. The number of nitrogens with zero attached hydrogens (tertiary/aromatic N) is 3. The third-order valence-electron chi connectivity index (χ3n) is 12.5. The Hall–Kier alpha value is -8.08. The van der Waals surface area contributed by atoms with Crippen LogP contribution in [0.3, 0.4) is 0 Å². The molecule has 0 fully saturated rings.